The Morgan fingerprint density at radius 2 is 2.05 bits per heavy atom. The summed E-state index contributed by atoms with van der Waals surface area (Å²) in [7, 11) is 0. The summed E-state index contributed by atoms with van der Waals surface area (Å²) in [4.78, 5) is 17.7. The molecule has 0 bridgehead atoms. The van der Waals surface area contributed by atoms with Crippen LogP contribution in [0, 0.1) is 6.92 Å². The lowest BCUT2D eigenvalue weighted by atomic mass is 9.84. The molecule has 0 aliphatic carbocycles. The van der Waals surface area contributed by atoms with Gasteiger partial charge in [0.15, 0.2) is 11.3 Å². The van der Waals surface area contributed by atoms with E-state index in [-0.39, 0.29) is 5.78 Å². The van der Waals surface area contributed by atoms with Crippen LogP contribution in [-0.2, 0) is 10.3 Å². The fraction of sp³-hybridized carbons (Fsp3) is 0.188. The topological polar surface area (TPSA) is 47.8 Å². The molecule has 0 fully saturated rings. The zero-order chi connectivity index (χ0) is 14.9. The Morgan fingerprint density at radius 3 is 2.57 bits per heavy atom. The van der Waals surface area contributed by atoms with Gasteiger partial charge in [0.2, 0.25) is 0 Å². The summed E-state index contributed by atoms with van der Waals surface area (Å²) in [5, 5.41) is 6.31. The number of Topliss-reactive ketones (excluding diaryl/α,β-unsaturated/α-hetero) is 1. The Bertz CT molecular complexity index is 749. The van der Waals surface area contributed by atoms with Crippen LogP contribution >= 0.6 is 11.3 Å². The molecule has 2 aromatic heterocycles. The van der Waals surface area contributed by atoms with Crippen LogP contribution in [0.25, 0.3) is 0 Å². The first-order chi connectivity index (χ1) is 10.2. The van der Waals surface area contributed by atoms with Crippen LogP contribution in [0.1, 0.15) is 22.9 Å². The van der Waals surface area contributed by atoms with Crippen LogP contribution in [0.2, 0.25) is 0 Å². The number of hydrogen-bond acceptors (Lipinski definition) is 4. The molecule has 0 spiro atoms. The highest BCUT2D eigenvalue weighted by molar-refractivity contribution is 7.10. The molecule has 1 aromatic carbocycles. The van der Waals surface area contributed by atoms with Crippen molar-refractivity contribution < 1.29 is 4.79 Å². The number of benzene rings is 1. The van der Waals surface area contributed by atoms with Gasteiger partial charge in [-0.15, -0.1) is 11.3 Å². The molecule has 0 saturated carbocycles. The van der Waals surface area contributed by atoms with Crippen molar-refractivity contribution in [3.8, 4) is 0 Å². The normalized spacial score (nSPS) is 13.8. The number of hydrogen-bond donors (Lipinski definition) is 0. The average Bonchev–Trinajstić information content (AvgIpc) is 3.13. The first-order valence-electron chi connectivity index (χ1n) is 6.63. The van der Waals surface area contributed by atoms with E-state index >= 15 is 0 Å². The van der Waals surface area contributed by atoms with Gasteiger partial charge in [-0.05, 0) is 36.4 Å². The van der Waals surface area contributed by atoms with Crippen LogP contribution in [0.15, 0.2) is 54.4 Å². The highest BCUT2D eigenvalue weighted by atomic mass is 32.1. The molecule has 2 heterocycles. The summed E-state index contributed by atoms with van der Waals surface area (Å²) >= 11 is 1.57. The Balaban J connectivity index is 2.35. The Kier molecular flexibility index (Phi) is 3.43. The molecule has 0 aliphatic heterocycles. The van der Waals surface area contributed by atoms with Gasteiger partial charge in [-0.3, -0.25) is 4.79 Å². The largest absolute Gasteiger partial charge is 0.296 e. The number of carbonyl (C=O) groups excluding carboxylic acids is 1. The molecule has 3 rings (SSSR count). The van der Waals surface area contributed by atoms with Gasteiger partial charge in [0, 0.05) is 4.88 Å². The lowest BCUT2D eigenvalue weighted by Gasteiger charge is -2.31. The van der Waals surface area contributed by atoms with E-state index in [9.17, 15) is 4.79 Å². The van der Waals surface area contributed by atoms with E-state index in [1.54, 1.807) is 29.3 Å². The molecule has 0 amide bonds. The van der Waals surface area contributed by atoms with Gasteiger partial charge >= 0.3 is 0 Å². The van der Waals surface area contributed by atoms with Gasteiger partial charge in [0.25, 0.3) is 0 Å². The second-order valence-electron chi connectivity index (χ2n) is 4.96. The van der Waals surface area contributed by atoms with Crippen molar-refractivity contribution in [1.82, 2.24) is 14.8 Å². The predicted octanol–water partition coefficient (Wildman–Crippen LogP) is 3.03. The van der Waals surface area contributed by atoms with Gasteiger partial charge in [-0.25, -0.2) is 9.67 Å². The van der Waals surface area contributed by atoms with Crippen molar-refractivity contribution in [2.24, 2.45) is 0 Å². The summed E-state index contributed by atoms with van der Waals surface area (Å²) in [6.45, 7) is 3.63. The minimum Gasteiger partial charge on any atom is -0.296 e. The zero-order valence-corrected chi connectivity index (χ0v) is 12.7. The summed E-state index contributed by atoms with van der Waals surface area (Å²) in [5.74, 6) is 0.0149. The van der Waals surface area contributed by atoms with E-state index in [2.05, 4.69) is 10.1 Å². The maximum Gasteiger partial charge on any atom is 0.181 e. The highest BCUT2D eigenvalue weighted by Crippen LogP contribution is 2.38. The van der Waals surface area contributed by atoms with Crippen molar-refractivity contribution in [3.05, 3.63) is 70.4 Å². The third-order valence-electron chi connectivity index (χ3n) is 3.55. The highest BCUT2D eigenvalue weighted by Gasteiger charge is 2.43. The molecule has 0 aliphatic rings. The molecule has 0 saturated heterocycles. The van der Waals surface area contributed by atoms with Crippen LogP contribution < -0.4 is 0 Å². The molecule has 0 N–H and O–H groups in total. The van der Waals surface area contributed by atoms with Gasteiger partial charge in [-0.2, -0.15) is 5.10 Å². The number of rotatable bonds is 4. The number of aryl methyl sites for hydroxylation is 1. The van der Waals surface area contributed by atoms with Crippen LogP contribution in [-0.4, -0.2) is 20.5 Å². The number of nitrogens with zero attached hydrogens (tertiary/aromatic N) is 3. The molecule has 0 radical (unpaired) electrons. The van der Waals surface area contributed by atoms with E-state index in [0.717, 1.165) is 16.0 Å². The van der Waals surface area contributed by atoms with E-state index in [1.807, 2.05) is 48.7 Å². The number of thiophene rings is 1. The molecular formula is C16H15N3OS. The van der Waals surface area contributed by atoms with Crippen molar-refractivity contribution in [2.75, 3.05) is 0 Å². The molecule has 106 valence electrons. The molecule has 21 heavy (non-hydrogen) atoms. The minimum atomic E-state index is -0.948. The standard InChI is InChI=1S/C16H15N3OS/c1-12-8-15(21-9-12)16(13(2)20,19-11-17-10-18-19)14-6-4-3-5-7-14/h3-11H,1-2H3. The minimum absolute atomic E-state index is 0.0149. The summed E-state index contributed by atoms with van der Waals surface area (Å²) in [6.07, 6.45) is 3.06. The average molecular weight is 297 g/mol. The van der Waals surface area contributed by atoms with E-state index in [4.69, 9.17) is 0 Å². The number of carbonyl (C=O) groups is 1. The summed E-state index contributed by atoms with van der Waals surface area (Å²) < 4.78 is 1.65. The van der Waals surface area contributed by atoms with Crippen molar-refractivity contribution in [1.29, 1.82) is 0 Å². The Morgan fingerprint density at radius 1 is 1.29 bits per heavy atom. The third kappa shape index (κ3) is 2.10. The monoisotopic (exact) mass is 297 g/mol. The summed E-state index contributed by atoms with van der Waals surface area (Å²) in [5.41, 5.74) is 1.08. The van der Waals surface area contributed by atoms with Gasteiger partial charge in [0.05, 0.1) is 0 Å². The fourth-order valence-corrected chi connectivity index (χ4v) is 3.77. The fourth-order valence-electron chi connectivity index (χ4n) is 2.61. The molecule has 5 heteroatoms. The van der Waals surface area contributed by atoms with E-state index in [1.165, 1.54) is 6.33 Å². The first kappa shape index (κ1) is 13.7. The van der Waals surface area contributed by atoms with Crippen LogP contribution in [0.5, 0.6) is 0 Å². The lowest BCUT2D eigenvalue weighted by molar-refractivity contribution is -0.122. The predicted molar refractivity (Wildman–Crippen MR) is 82.4 cm³/mol. The second-order valence-corrected chi connectivity index (χ2v) is 5.87. The SMILES string of the molecule is CC(=O)C(c1ccccc1)(c1cc(C)cs1)n1cncn1. The third-order valence-corrected chi connectivity index (χ3v) is 4.71. The van der Waals surface area contributed by atoms with E-state index in [0.29, 0.717) is 0 Å². The zero-order valence-electron chi connectivity index (χ0n) is 11.9. The number of ketones is 1. The molecule has 4 nitrogen and oxygen atoms in total. The van der Waals surface area contributed by atoms with Gasteiger partial charge in [0.1, 0.15) is 12.7 Å². The maximum atomic E-state index is 12.7. The van der Waals surface area contributed by atoms with Crippen molar-refractivity contribution in [3.63, 3.8) is 0 Å². The molecular weight excluding hydrogens is 282 g/mol. The molecule has 1 atom stereocenters. The summed E-state index contributed by atoms with van der Waals surface area (Å²) in [6, 6.07) is 11.8. The van der Waals surface area contributed by atoms with Gasteiger partial charge < -0.3 is 0 Å². The molecule has 3 aromatic rings. The second kappa shape index (κ2) is 5.26. The van der Waals surface area contributed by atoms with Crippen molar-refractivity contribution >= 4 is 17.1 Å². The Hall–Kier alpha value is -2.27. The number of aromatic nitrogens is 3. The quantitative estimate of drug-likeness (QED) is 0.743. The van der Waals surface area contributed by atoms with Crippen LogP contribution in [0.4, 0.5) is 0 Å². The Labute approximate surface area is 127 Å². The van der Waals surface area contributed by atoms with E-state index < -0.39 is 5.54 Å². The first-order valence-corrected chi connectivity index (χ1v) is 7.51. The molecule has 1 unspecified atom stereocenters. The van der Waals surface area contributed by atoms with Gasteiger partial charge in [-0.1, -0.05) is 30.3 Å². The van der Waals surface area contributed by atoms with Crippen LogP contribution in [0.3, 0.4) is 0 Å². The smallest absolute Gasteiger partial charge is 0.181 e. The lowest BCUT2D eigenvalue weighted by Crippen LogP contribution is -2.42. The van der Waals surface area contributed by atoms with Crippen molar-refractivity contribution in [2.45, 2.75) is 19.4 Å². The maximum absolute atomic E-state index is 12.7.